The summed E-state index contributed by atoms with van der Waals surface area (Å²) in [5.74, 6) is 0.725. The molecule has 186 valence electrons. The number of hydrogen-bond donors (Lipinski definition) is 1. The van der Waals surface area contributed by atoms with Gasteiger partial charge in [0.1, 0.15) is 23.3 Å². The number of nitrogens with one attached hydrogen (secondary N) is 1. The van der Waals surface area contributed by atoms with Crippen LogP contribution in [0.3, 0.4) is 0 Å². The molecule has 1 aromatic heterocycles. The van der Waals surface area contributed by atoms with Crippen LogP contribution in [0, 0.1) is 13.8 Å². The summed E-state index contributed by atoms with van der Waals surface area (Å²) in [6.45, 7) is 7.68. The average Bonchev–Trinajstić information content (AvgIpc) is 2.87. The van der Waals surface area contributed by atoms with E-state index in [9.17, 15) is 9.59 Å². The molecule has 36 heavy (non-hydrogen) atoms. The number of carbonyl (C=O) groups is 1. The molecule has 0 radical (unpaired) electrons. The molecule has 0 aliphatic carbocycles. The zero-order chi connectivity index (χ0) is 25.8. The summed E-state index contributed by atoms with van der Waals surface area (Å²) in [6, 6.07) is 14.4. The maximum atomic E-state index is 13.0. The summed E-state index contributed by atoms with van der Waals surface area (Å²) < 4.78 is 17.1. The number of hydrogen-bond acceptors (Lipinski definition) is 5. The fourth-order valence-corrected chi connectivity index (χ4v) is 4.18. The third-order valence-electron chi connectivity index (χ3n) is 5.99. The summed E-state index contributed by atoms with van der Waals surface area (Å²) in [7, 11) is 0. The first-order chi connectivity index (χ1) is 17.3. The van der Waals surface area contributed by atoms with Gasteiger partial charge in [-0.2, -0.15) is 0 Å². The van der Waals surface area contributed by atoms with Crippen molar-refractivity contribution in [2.75, 3.05) is 11.9 Å². The Balaban J connectivity index is 1.48. The second kappa shape index (κ2) is 10.9. The summed E-state index contributed by atoms with van der Waals surface area (Å²) in [5, 5.41) is 3.98. The Labute approximate surface area is 214 Å². The van der Waals surface area contributed by atoms with E-state index < -0.39 is 0 Å². The molecule has 0 fully saturated rings. The van der Waals surface area contributed by atoms with Crippen molar-refractivity contribution in [3.05, 3.63) is 92.3 Å². The van der Waals surface area contributed by atoms with Gasteiger partial charge in [0, 0.05) is 16.8 Å². The summed E-state index contributed by atoms with van der Waals surface area (Å²) in [5.41, 5.74) is 4.74. The second-order valence-corrected chi connectivity index (χ2v) is 8.93. The molecule has 0 spiro atoms. The van der Waals surface area contributed by atoms with Crippen molar-refractivity contribution in [2.45, 2.75) is 40.5 Å². The first kappa shape index (κ1) is 25.3. The molecule has 4 rings (SSSR count). The van der Waals surface area contributed by atoms with E-state index >= 15 is 0 Å². The van der Waals surface area contributed by atoms with Crippen LogP contribution in [-0.2, 0) is 17.6 Å². The van der Waals surface area contributed by atoms with Crippen molar-refractivity contribution in [1.29, 1.82) is 0 Å². The second-order valence-electron chi connectivity index (χ2n) is 8.56. The van der Waals surface area contributed by atoms with Crippen molar-refractivity contribution >= 4 is 34.2 Å². The number of amides is 1. The quantitative estimate of drug-likeness (QED) is 0.279. The number of halogens is 1. The molecule has 0 aliphatic heterocycles. The summed E-state index contributed by atoms with van der Waals surface area (Å²) in [4.78, 5) is 25.5. The molecule has 4 aromatic rings. The number of carbonyl (C=O) groups excluding carboxylic acids is 1. The van der Waals surface area contributed by atoms with Crippen LogP contribution in [0.25, 0.3) is 11.0 Å². The zero-order valence-corrected chi connectivity index (χ0v) is 21.5. The summed E-state index contributed by atoms with van der Waals surface area (Å²) in [6.07, 6.45) is 2.91. The van der Waals surface area contributed by atoms with Gasteiger partial charge in [-0.25, -0.2) is 0 Å². The smallest absolute Gasteiger partial charge is 0.262 e. The average molecular weight is 506 g/mol. The largest absolute Gasteiger partial charge is 0.484 e. The molecule has 0 unspecified atom stereocenters. The van der Waals surface area contributed by atoms with Crippen molar-refractivity contribution in [1.82, 2.24) is 0 Å². The number of fused-ring (bicyclic) bond motifs is 1. The van der Waals surface area contributed by atoms with Gasteiger partial charge >= 0.3 is 0 Å². The first-order valence-corrected chi connectivity index (χ1v) is 12.2. The SMILES string of the molecule is CCc1cccc(CC)c1NC(=O)COc1ccc2c(=O)c(Oc3cc(C)c(Cl)c(C)c3)coc2c1. The highest BCUT2D eigenvalue weighted by molar-refractivity contribution is 6.32. The Morgan fingerprint density at radius 2 is 1.64 bits per heavy atom. The molecule has 1 amide bonds. The Bertz CT molecular complexity index is 1450. The van der Waals surface area contributed by atoms with Crippen LogP contribution >= 0.6 is 11.6 Å². The van der Waals surface area contributed by atoms with Crippen molar-refractivity contribution in [2.24, 2.45) is 0 Å². The highest BCUT2D eigenvalue weighted by Crippen LogP contribution is 2.29. The normalized spacial score (nSPS) is 10.9. The number of para-hydroxylation sites is 1. The van der Waals surface area contributed by atoms with Crippen LogP contribution < -0.4 is 20.2 Å². The molecule has 1 heterocycles. The number of rotatable bonds is 8. The highest BCUT2D eigenvalue weighted by Gasteiger charge is 2.14. The van der Waals surface area contributed by atoms with Crippen molar-refractivity contribution in [3.63, 3.8) is 0 Å². The van der Waals surface area contributed by atoms with E-state index in [1.165, 1.54) is 6.26 Å². The minimum atomic E-state index is -0.311. The number of ether oxygens (including phenoxy) is 2. The number of anilines is 1. The first-order valence-electron chi connectivity index (χ1n) is 11.8. The Morgan fingerprint density at radius 3 is 2.28 bits per heavy atom. The molecule has 0 atom stereocenters. The van der Waals surface area contributed by atoms with Crippen molar-refractivity contribution in [3.8, 4) is 17.2 Å². The maximum absolute atomic E-state index is 13.0. The van der Waals surface area contributed by atoms with Gasteiger partial charge in [-0.1, -0.05) is 43.6 Å². The topological polar surface area (TPSA) is 77.8 Å². The predicted molar refractivity (Wildman–Crippen MR) is 143 cm³/mol. The van der Waals surface area contributed by atoms with Gasteiger partial charge in [0.15, 0.2) is 6.61 Å². The molecule has 0 saturated heterocycles. The van der Waals surface area contributed by atoms with Gasteiger partial charge in [-0.15, -0.1) is 0 Å². The van der Waals surface area contributed by atoms with Gasteiger partial charge in [-0.3, -0.25) is 9.59 Å². The minimum absolute atomic E-state index is 0.0676. The molecule has 1 N–H and O–H groups in total. The summed E-state index contributed by atoms with van der Waals surface area (Å²) >= 11 is 6.22. The van der Waals surface area contributed by atoms with Gasteiger partial charge in [0.2, 0.25) is 11.2 Å². The van der Waals surface area contributed by atoms with E-state index in [1.54, 1.807) is 30.3 Å². The standard InChI is InChI=1S/C29H28ClNO5/c1-5-19-8-7-9-20(6-2)28(19)31-26(32)16-34-21-10-11-23-24(14-21)35-15-25(29(23)33)36-22-12-17(3)27(30)18(4)13-22/h7-15H,5-6,16H2,1-4H3,(H,31,32). The fraction of sp³-hybridized carbons (Fsp3) is 0.241. The maximum Gasteiger partial charge on any atom is 0.262 e. The van der Waals surface area contributed by atoms with Gasteiger partial charge < -0.3 is 19.2 Å². The molecule has 0 saturated carbocycles. The minimum Gasteiger partial charge on any atom is -0.484 e. The molecule has 6 nitrogen and oxygen atoms in total. The van der Waals surface area contributed by atoms with Gasteiger partial charge in [-0.05, 0) is 73.2 Å². The number of aryl methyl sites for hydroxylation is 4. The van der Waals surface area contributed by atoms with E-state index in [2.05, 4.69) is 19.2 Å². The third-order valence-corrected chi connectivity index (χ3v) is 6.58. The Morgan fingerprint density at radius 1 is 0.972 bits per heavy atom. The van der Waals surface area contributed by atoms with Gasteiger partial charge in [0.25, 0.3) is 5.91 Å². The van der Waals surface area contributed by atoms with Gasteiger partial charge in [0.05, 0.1) is 5.39 Å². The number of benzene rings is 3. The van der Waals surface area contributed by atoms with Crippen LogP contribution in [0.5, 0.6) is 17.2 Å². The highest BCUT2D eigenvalue weighted by atomic mass is 35.5. The Hall–Kier alpha value is -3.77. The van der Waals surface area contributed by atoms with Crippen molar-refractivity contribution < 1.29 is 18.7 Å². The van der Waals surface area contributed by atoms with Crippen LogP contribution in [-0.4, -0.2) is 12.5 Å². The van der Waals surface area contributed by atoms with Crippen LogP contribution in [0.1, 0.15) is 36.1 Å². The molecule has 0 aliphatic rings. The van der Waals surface area contributed by atoms with E-state index in [0.717, 1.165) is 40.8 Å². The Kier molecular flexibility index (Phi) is 7.65. The molecule has 0 bridgehead atoms. The monoisotopic (exact) mass is 505 g/mol. The van der Waals surface area contributed by atoms with E-state index in [-0.39, 0.29) is 23.7 Å². The van der Waals surface area contributed by atoms with Crippen LogP contribution in [0.4, 0.5) is 5.69 Å². The van der Waals surface area contributed by atoms with Crippen LogP contribution in [0.15, 0.2) is 64.0 Å². The van der Waals surface area contributed by atoms with Crippen LogP contribution in [0.2, 0.25) is 5.02 Å². The molecule has 3 aromatic carbocycles. The predicted octanol–water partition coefficient (Wildman–Crippen LogP) is 7.00. The zero-order valence-electron chi connectivity index (χ0n) is 20.7. The van der Waals surface area contributed by atoms with E-state index in [4.69, 9.17) is 25.5 Å². The lowest BCUT2D eigenvalue weighted by Gasteiger charge is -2.15. The molecule has 7 heteroatoms. The van der Waals surface area contributed by atoms with E-state index in [0.29, 0.717) is 27.5 Å². The molecular formula is C29H28ClNO5. The third kappa shape index (κ3) is 5.39. The van der Waals surface area contributed by atoms with E-state index in [1.807, 2.05) is 32.0 Å². The molecular weight excluding hydrogens is 478 g/mol. The lowest BCUT2D eigenvalue weighted by Crippen LogP contribution is -2.21. The fourth-order valence-electron chi connectivity index (χ4n) is 4.07. The lowest BCUT2D eigenvalue weighted by molar-refractivity contribution is -0.118. The lowest BCUT2D eigenvalue weighted by atomic mass is 10.0.